The van der Waals surface area contributed by atoms with Gasteiger partial charge in [0, 0.05) is 12.0 Å². The number of nitrogens with one attached hydrogen (secondary N) is 1. The van der Waals surface area contributed by atoms with Crippen molar-refractivity contribution in [2.24, 2.45) is 5.41 Å². The highest BCUT2D eigenvalue weighted by atomic mass is 32.3. The van der Waals surface area contributed by atoms with E-state index in [1.165, 1.54) is 13.8 Å². The average molecular weight is 421 g/mol. The molecule has 0 spiro atoms. The molecule has 0 bridgehead atoms. The minimum atomic E-state index is -6.68. The van der Waals surface area contributed by atoms with Crippen molar-refractivity contribution in [1.82, 2.24) is 5.32 Å². The van der Waals surface area contributed by atoms with Gasteiger partial charge in [0.05, 0.1) is 0 Å². The Morgan fingerprint density at radius 1 is 0.920 bits per heavy atom. The number of hydrogen-bond donors (Lipinski definition) is 1. The largest absolute Gasteiger partial charge is 0.498 e. The molecule has 0 atom stereocenters. The topological polar surface area (TPSA) is 97.4 Å². The Morgan fingerprint density at radius 3 is 1.56 bits per heavy atom. The molecule has 14 heteroatoms. The van der Waals surface area contributed by atoms with Crippen LogP contribution in [0, 0.1) is 5.41 Å². The number of amides is 1. The van der Waals surface area contributed by atoms with Gasteiger partial charge in [-0.05, 0) is 12.8 Å². The fraction of sp³-hybridized carbons (Fsp3) is 0.909. The molecule has 150 valence electrons. The van der Waals surface area contributed by atoms with Crippen LogP contribution in [-0.2, 0) is 24.5 Å². The number of halogens is 6. The van der Waals surface area contributed by atoms with Gasteiger partial charge in [0.15, 0.2) is 4.58 Å². The van der Waals surface area contributed by atoms with Gasteiger partial charge in [-0.3, -0.25) is 4.79 Å². The van der Waals surface area contributed by atoms with Gasteiger partial charge >= 0.3 is 11.0 Å². The molecule has 0 aliphatic rings. The number of hydrogen-bond acceptors (Lipinski definition) is 5. The Bertz CT molecular complexity index is 649. The summed E-state index contributed by atoms with van der Waals surface area (Å²) in [5.74, 6) is -0.775. The second-order valence-electron chi connectivity index (χ2n) is 5.69. The molecule has 0 heterocycles. The van der Waals surface area contributed by atoms with E-state index in [0.717, 1.165) is 0 Å². The van der Waals surface area contributed by atoms with Crippen LogP contribution < -0.4 is 5.32 Å². The van der Waals surface area contributed by atoms with Crippen LogP contribution in [-0.4, -0.2) is 44.9 Å². The predicted molar refractivity (Wildman–Crippen MR) is 75.4 cm³/mol. The van der Waals surface area contributed by atoms with E-state index in [0.29, 0.717) is 0 Å². The maximum atomic E-state index is 12.5. The van der Waals surface area contributed by atoms with Crippen molar-refractivity contribution in [1.29, 1.82) is 0 Å². The lowest BCUT2D eigenvalue weighted by Crippen LogP contribution is -2.47. The van der Waals surface area contributed by atoms with E-state index in [-0.39, 0.29) is 6.42 Å². The van der Waals surface area contributed by atoms with E-state index in [1.54, 1.807) is 6.92 Å². The lowest BCUT2D eigenvalue weighted by Gasteiger charge is -2.23. The number of sulfone groups is 2. The maximum absolute atomic E-state index is 12.5. The van der Waals surface area contributed by atoms with Crippen molar-refractivity contribution in [2.75, 3.05) is 6.54 Å². The van der Waals surface area contributed by atoms with Crippen LogP contribution >= 0.6 is 0 Å². The van der Waals surface area contributed by atoms with Crippen molar-refractivity contribution in [3.63, 3.8) is 0 Å². The molecule has 6 nitrogen and oxygen atoms in total. The van der Waals surface area contributed by atoms with Crippen LogP contribution in [0.4, 0.5) is 26.3 Å². The minimum Gasteiger partial charge on any atom is -0.356 e. The average Bonchev–Trinajstić information content (AvgIpc) is 2.39. The second kappa shape index (κ2) is 7.29. The van der Waals surface area contributed by atoms with Crippen molar-refractivity contribution >= 4 is 25.6 Å². The molecule has 0 aliphatic heterocycles. The normalized spacial score (nSPS) is 14.6. The molecule has 0 saturated carbocycles. The summed E-state index contributed by atoms with van der Waals surface area (Å²) in [4.78, 5) is 11.7. The number of rotatable bonds is 7. The van der Waals surface area contributed by atoms with Crippen molar-refractivity contribution < 1.29 is 48.0 Å². The third-order valence-electron chi connectivity index (χ3n) is 3.50. The van der Waals surface area contributed by atoms with Crippen LogP contribution in [0.15, 0.2) is 0 Å². The van der Waals surface area contributed by atoms with Gasteiger partial charge in [0.2, 0.25) is 5.91 Å². The van der Waals surface area contributed by atoms with E-state index >= 15 is 0 Å². The second-order valence-corrected chi connectivity index (χ2v) is 10.2. The summed E-state index contributed by atoms with van der Waals surface area (Å²) in [6.07, 6.45) is -1.33. The lowest BCUT2D eigenvalue weighted by molar-refractivity contribution is -0.129. The van der Waals surface area contributed by atoms with Crippen molar-refractivity contribution in [3.8, 4) is 0 Å². The molecule has 0 radical (unpaired) electrons. The summed E-state index contributed by atoms with van der Waals surface area (Å²) in [6, 6.07) is 0. The molecule has 0 saturated heterocycles. The summed E-state index contributed by atoms with van der Waals surface area (Å²) in [7, 11) is -13.4. The van der Waals surface area contributed by atoms with Crippen LogP contribution in [0.25, 0.3) is 0 Å². The Morgan fingerprint density at radius 2 is 1.28 bits per heavy atom. The molecule has 1 amide bonds. The highest BCUT2D eigenvalue weighted by molar-refractivity contribution is 8.09. The van der Waals surface area contributed by atoms with E-state index < -0.39 is 59.6 Å². The Hall–Kier alpha value is -1.05. The fourth-order valence-electron chi connectivity index (χ4n) is 1.48. The third-order valence-corrected chi connectivity index (χ3v) is 8.17. The molecule has 0 aromatic carbocycles. The van der Waals surface area contributed by atoms with E-state index in [4.69, 9.17) is 0 Å². The lowest BCUT2D eigenvalue weighted by atomic mass is 9.89. The first-order chi connectivity index (χ1) is 10.8. The van der Waals surface area contributed by atoms with Gasteiger partial charge in [-0.2, -0.15) is 26.3 Å². The SMILES string of the molecule is CCC(C)(C)C(=O)NCCC(S(=O)(=O)C(F)(F)F)S(=O)(=O)C(F)(F)F. The van der Waals surface area contributed by atoms with Gasteiger partial charge in [-0.1, -0.05) is 20.8 Å². The minimum absolute atomic E-state index is 0.268. The van der Waals surface area contributed by atoms with E-state index in [9.17, 15) is 48.0 Å². The van der Waals surface area contributed by atoms with Crippen LogP contribution in [0.5, 0.6) is 0 Å². The molecule has 0 aliphatic carbocycles. The fourth-order valence-corrected chi connectivity index (χ4v) is 4.92. The number of carbonyl (C=O) groups is 1. The monoisotopic (exact) mass is 421 g/mol. The van der Waals surface area contributed by atoms with Gasteiger partial charge in [0.1, 0.15) is 0 Å². The zero-order valence-electron chi connectivity index (χ0n) is 13.3. The highest BCUT2D eigenvalue weighted by Crippen LogP contribution is 2.37. The standard InChI is InChI=1S/C11H17F6NO5S2/c1-4-9(2,3)8(19)18-6-5-7(24(20,21)10(12,13)14)25(22,23)11(15,16)17/h7H,4-6H2,1-3H3,(H,18,19). The molecule has 25 heavy (non-hydrogen) atoms. The summed E-state index contributed by atoms with van der Waals surface area (Å²) in [5, 5.41) is 1.95. The first kappa shape index (κ1) is 23.9. The number of carbonyl (C=O) groups excluding carboxylic acids is 1. The summed E-state index contributed by atoms with van der Waals surface area (Å²) in [5.41, 5.74) is -13.4. The first-order valence-electron chi connectivity index (χ1n) is 6.71. The smallest absolute Gasteiger partial charge is 0.356 e. The van der Waals surface area contributed by atoms with Crippen LogP contribution in [0.2, 0.25) is 0 Å². The summed E-state index contributed by atoms with van der Waals surface area (Å²) < 4.78 is 116. The van der Waals surface area contributed by atoms with Gasteiger partial charge in [-0.25, -0.2) is 16.8 Å². The Balaban J connectivity index is 5.67. The van der Waals surface area contributed by atoms with Crippen LogP contribution in [0.3, 0.4) is 0 Å². The molecular weight excluding hydrogens is 404 g/mol. The van der Waals surface area contributed by atoms with Gasteiger partial charge < -0.3 is 5.32 Å². The third kappa shape index (κ3) is 5.21. The van der Waals surface area contributed by atoms with Crippen molar-refractivity contribution in [2.45, 2.75) is 49.2 Å². The van der Waals surface area contributed by atoms with Gasteiger partial charge in [-0.15, -0.1) is 0 Å². The number of alkyl halides is 6. The molecular formula is C11H17F6NO5S2. The zero-order chi connectivity index (χ0) is 20.5. The summed E-state index contributed by atoms with van der Waals surface area (Å²) >= 11 is 0. The van der Waals surface area contributed by atoms with Crippen molar-refractivity contribution in [3.05, 3.63) is 0 Å². The maximum Gasteiger partial charge on any atom is 0.498 e. The predicted octanol–water partition coefficient (Wildman–Crippen LogP) is 2.12. The molecule has 0 rings (SSSR count). The van der Waals surface area contributed by atoms with Crippen LogP contribution in [0.1, 0.15) is 33.6 Å². The zero-order valence-corrected chi connectivity index (χ0v) is 15.0. The molecule has 0 aromatic rings. The molecule has 0 aromatic heterocycles. The summed E-state index contributed by atoms with van der Waals surface area (Å²) in [6.45, 7) is 3.44. The Labute approximate surface area is 140 Å². The van der Waals surface area contributed by atoms with Gasteiger partial charge in [0.25, 0.3) is 19.7 Å². The quantitative estimate of drug-likeness (QED) is 0.635. The molecule has 1 N–H and O–H groups in total. The van der Waals surface area contributed by atoms with E-state index in [2.05, 4.69) is 0 Å². The first-order valence-corrected chi connectivity index (χ1v) is 9.80. The molecule has 0 fully saturated rings. The highest BCUT2D eigenvalue weighted by Gasteiger charge is 2.62. The van der Waals surface area contributed by atoms with E-state index in [1.807, 2.05) is 5.32 Å². The Kier molecular flexibility index (Phi) is 6.98. The molecule has 0 unspecified atom stereocenters.